The fourth-order valence-electron chi connectivity index (χ4n) is 4.04. The first-order chi connectivity index (χ1) is 8.79. The molecular formula is C16H32N2. The quantitative estimate of drug-likeness (QED) is 0.698. The highest BCUT2D eigenvalue weighted by atomic mass is 15.2. The SMILES string of the molecule is CCCNCC1(CN2CCCC2CC)CCCC1. The first-order valence-electron chi connectivity index (χ1n) is 8.24. The van der Waals surface area contributed by atoms with Crippen LogP contribution in [-0.2, 0) is 0 Å². The molecule has 1 saturated carbocycles. The third-order valence-electron chi connectivity index (χ3n) is 5.10. The van der Waals surface area contributed by atoms with E-state index in [4.69, 9.17) is 0 Å². The van der Waals surface area contributed by atoms with E-state index < -0.39 is 0 Å². The van der Waals surface area contributed by atoms with E-state index in [2.05, 4.69) is 24.1 Å². The molecule has 1 saturated heterocycles. The van der Waals surface area contributed by atoms with Crippen LogP contribution in [0.25, 0.3) is 0 Å². The van der Waals surface area contributed by atoms with Crippen LogP contribution < -0.4 is 5.32 Å². The van der Waals surface area contributed by atoms with E-state index in [1.807, 2.05) is 0 Å². The highest BCUT2D eigenvalue weighted by Crippen LogP contribution is 2.39. The Kier molecular flexibility index (Phi) is 5.50. The molecule has 0 radical (unpaired) electrons. The van der Waals surface area contributed by atoms with Gasteiger partial charge in [-0.25, -0.2) is 0 Å². The molecule has 2 heteroatoms. The third kappa shape index (κ3) is 3.48. The number of hydrogen-bond donors (Lipinski definition) is 1. The molecule has 0 aromatic carbocycles. The van der Waals surface area contributed by atoms with Crippen molar-refractivity contribution >= 4 is 0 Å². The Hall–Kier alpha value is -0.0800. The molecule has 1 heterocycles. The van der Waals surface area contributed by atoms with Crippen LogP contribution in [0.1, 0.15) is 65.2 Å². The van der Waals surface area contributed by atoms with E-state index >= 15 is 0 Å². The smallest absolute Gasteiger partial charge is 0.00933 e. The van der Waals surface area contributed by atoms with Gasteiger partial charge in [-0.3, -0.25) is 4.90 Å². The zero-order valence-corrected chi connectivity index (χ0v) is 12.5. The van der Waals surface area contributed by atoms with Gasteiger partial charge in [0.2, 0.25) is 0 Å². The highest BCUT2D eigenvalue weighted by molar-refractivity contribution is 4.92. The third-order valence-corrected chi connectivity index (χ3v) is 5.10. The first-order valence-corrected chi connectivity index (χ1v) is 8.24. The molecule has 0 bridgehead atoms. The molecule has 1 atom stereocenters. The molecule has 0 amide bonds. The van der Waals surface area contributed by atoms with Gasteiger partial charge in [0.05, 0.1) is 0 Å². The minimum absolute atomic E-state index is 0.604. The van der Waals surface area contributed by atoms with Gasteiger partial charge in [0, 0.05) is 19.1 Å². The second-order valence-electron chi connectivity index (χ2n) is 6.56. The lowest BCUT2D eigenvalue weighted by atomic mass is 9.85. The largest absolute Gasteiger partial charge is 0.316 e. The van der Waals surface area contributed by atoms with Crippen LogP contribution in [0, 0.1) is 5.41 Å². The summed E-state index contributed by atoms with van der Waals surface area (Å²) in [5, 5.41) is 3.70. The summed E-state index contributed by atoms with van der Waals surface area (Å²) in [6, 6.07) is 0.883. The molecule has 0 spiro atoms. The van der Waals surface area contributed by atoms with Gasteiger partial charge in [-0.05, 0) is 57.0 Å². The Morgan fingerprint density at radius 3 is 2.61 bits per heavy atom. The van der Waals surface area contributed by atoms with Crippen molar-refractivity contribution in [3.63, 3.8) is 0 Å². The lowest BCUT2D eigenvalue weighted by Gasteiger charge is -2.36. The molecule has 1 unspecified atom stereocenters. The van der Waals surface area contributed by atoms with Gasteiger partial charge in [0.1, 0.15) is 0 Å². The Labute approximate surface area is 114 Å². The summed E-state index contributed by atoms with van der Waals surface area (Å²) in [6.07, 6.45) is 11.3. The minimum atomic E-state index is 0.604. The molecule has 0 aromatic heterocycles. The summed E-state index contributed by atoms with van der Waals surface area (Å²) < 4.78 is 0. The van der Waals surface area contributed by atoms with Gasteiger partial charge in [0.15, 0.2) is 0 Å². The van der Waals surface area contributed by atoms with E-state index in [1.165, 1.54) is 77.5 Å². The van der Waals surface area contributed by atoms with E-state index in [9.17, 15) is 0 Å². The summed E-state index contributed by atoms with van der Waals surface area (Å²) in [5.41, 5.74) is 0.604. The zero-order chi connectivity index (χ0) is 12.8. The highest BCUT2D eigenvalue weighted by Gasteiger charge is 2.37. The van der Waals surface area contributed by atoms with Crippen molar-refractivity contribution in [2.75, 3.05) is 26.2 Å². The second kappa shape index (κ2) is 6.91. The van der Waals surface area contributed by atoms with Crippen LogP contribution in [0.3, 0.4) is 0 Å². The van der Waals surface area contributed by atoms with Crippen LogP contribution in [-0.4, -0.2) is 37.1 Å². The molecule has 2 nitrogen and oxygen atoms in total. The van der Waals surface area contributed by atoms with Crippen molar-refractivity contribution < 1.29 is 0 Å². The monoisotopic (exact) mass is 252 g/mol. The van der Waals surface area contributed by atoms with E-state index in [0.29, 0.717) is 5.41 Å². The van der Waals surface area contributed by atoms with Crippen LogP contribution >= 0.6 is 0 Å². The Bertz CT molecular complexity index is 233. The molecule has 2 fully saturated rings. The van der Waals surface area contributed by atoms with Crippen LogP contribution in [0.15, 0.2) is 0 Å². The predicted octanol–water partition coefficient (Wildman–Crippen LogP) is 3.42. The standard InChI is InChI=1S/C16H32N2/c1-3-11-17-13-16(9-5-6-10-16)14-18-12-7-8-15(18)4-2/h15,17H,3-14H2,1-2H3. The number of nitrogens with zero attached hydrogens (tertiary/aromatic N) is 1. The Morgan fingerprint density at radius 2 is 1.94 bits per heavy atom. The van der Waals surface area contributed by atoms with Crippen LogP contribution in [0.5, 0.6) is 0 Å². The summed E-state index contributed by atoms with van der Waals surface area (Å²) in [7, 11) is 0. The van der Waals surface area contributed by atoms with Crippen molar-refractivity contribution in [1.82, 2.24) is 10.2 Å². The molecule has 2 aliphatic rings. The number of hydrogen-bond acceptors (Lipinski definition) is 2. The van der Waals surface area contributed by atoms with Crippen molar-refractivity contribution in [3.8, 4) is 0 Å². The zero-order valence-electron chi connectivity index (χ0n) is 12.5. The average Bonchev–Trinajstić information content (AvgIpc) is 3.00. The van der Waals surface area contributed by atoms with E-state index in [-0.39, 0.29) is 0 Å². The van der Waals surface area contributed by atoms with Gasteiger partial charge < -0.3 is 5.32 Å². The number of likely N-dealkylation sites (tertiary alicyclic amines) is 1. The molecule has 1 aliphatic heterocycles. The predicted molar refractivity (Wildman–Crippen MR) is 78.9 cm³/mol. The van der Waals surface area contributed by atoms with Crippen molar-refractivity contribution in [3.05, 3.63) is 0 Å². The Balaban J connectivity index is 1.88. The molecule has 1 aliphatic carbocycles. The fourth-order valence-corrected chi connectivity index (χ4v) is 4.04. The normalized spacial score (nSPS) is 28.0. The van der Waals surface area contributed by atoms with Gasteiger partial charge >= 0.3 is 0 Å². The topological polar surface area (TPSA) is 15.3 Å². The van der Waals surface area contributed by atoms with Gasteiger partial charge in [-0.15, -0.1) is 0 Å². The maximum Gasteiger partial charge on any atom is 0.00933 e. The molecule has 106 valence electrons. The molecule has 1 N–H and O–H groups in total. The summed E-state index contributed by atoms with van der Waals surface area (Å²) >= 11 is 0. The summed E-state index contributed by atoms with van der Waals surface area (Å²) in [4.78, 5) is 2.80. The maximum absolute atomic E-state index is 3.70. The molecular weight excluding hydrogens is 220 g/mol. The average molecular weight is 252 g/mol. The van der Waals surface area contributed by atoms with Crippen molar-refractivity contribution in [2.24, 2.45) is 5.41 Å². The first kappa shape index (κ1) is 14.3. The number of nitrogens with one attached hydrogen (secondary N) is 1. The lowest BCUT2D eigenvalue weighted by Crippen LogP contribution is -2.44. The van der Waals surface area contributed by atoms with Crippen LogP contribution in [0.2, 0.25) is 0 Å². The van der Waals surface area contributed by atoms with Gasteiger partial charge in [-0.1, -0.05) is 26.7 Å². The lowest BCUT2D eigenvalue weighted by molar-refractivity contribution is 0.136. The molecule has 2 rings (SSSR count). The fraction of sp³-hybridized carbons (Fsp3) is 1.00. The van der Waals surface area contributed by atoms with Crippen molar-refractivity contribution in [2.45, 2.75) is 71.3 Å². The van der Waals surface area contributed by atoms with E-state index in [1.54, 1.807) is 0 Å². The Morgan fingerprint density at radius 1 is 1.17 bits per heavy atom. The summed E-state index contributed by atoms with van der Waals surface area (Å²) in [6.45, 7) is 9.80. The molecule has 18 heavy (non-hydrogen) atoms. The second-order valence-corrected chi connectivity index (χ2v) is 6.56. The number of rotatable bonds is 7. The van der Waals surface area contributed by atoms with Gasteiger partial charge in [-0.2, -0.15) is 0 Å². The minimum Gasteiger partial charge on any atom is -0.316 e. The summed E-state index contributed by atoms with van der Waals surface area (Å²) in [5.74, 6) is 0. The molecule has 0 aromatic rings. The maximum atomic E-state index is 3.70. The van der Waals surface area contributed by atoms with Crippen LogP contribution in [0.4, 0.5) is 0 Å². The van der Waals surface area contributed by atoms with E-state index in [0.717, 1.165) is 6.04 Å². The van der Waals surface area contributed by atoms with Gasteiger partial charge in [0.25, 0.3) is 0 Å². The van der Waals surface area contributed by atoms with Crippen molar-refractivity contribution in [1.29, 1.82) is 0 Å².